The van der Waals surface area contributed by atoms with Crippen LogP contribution in [-0.4, -0.2) is 52.5 Å². The van der Waals surface area contributed by atoms with Crippen LogP contribution in [0.5, 0.6) is 0 Å². The molecule has 1 aliphatic heterocycles. The number of nitrogens with one attached hydrogen (secondary N) is 2. The van der Waals surface area contributed by atoms with Gasteiger partial charge in [-0.15, -0.1) is 24.0 Å². The van der Waals surface area contributed by atoms with Gasteiger partial charge in [0.2, 0.25) is 0 Å². The number of aryl methyl sites for hydroxylation is 1. The quantitative estimate of drug-likeness (QED) is 0.262. The van der Waals surface area contributed by atoms with E-state index < -0.39 is 0 Å². The molecular weight excluding hydrogens is 441 g/mol. The summed E-state index contributed by atoms with van der Waals surface area (Å²) in [6.45, 7) is 9.14. The van der Waals surface area contributed by atoms with Gasteiger partial charge in [0, 0.05) is 52.0 Å². The number of guanidine groups is 1. The van der Waals surface area contributed by atoms with Crippen LogP contribution in [-0.2, 0) is 14.9 Å². The van der Waals surface area contributed by atoms with Crippen molar-refractivity contribution in [2.45, 2.75) is 38.5 Å². The Kier molecular flexibility index (Phi) is 11.2. The third-order valence-corrected chi connectivity index (χ3v) is 4.95. The molecule has 1 fully saturated rings. The maximum atomic E-state index is 5.63. The summed E-state index contributed by atoms with van der Waals surface area (Å²) in [5, 5.41) is 6.92. The van der Waals surface area contributed by atoms with Crippen LogP contribution in [0, 0.1) is 6.92 Å². The van der Waals surface area contributed by atoms with Gasteiger partial charge in [0.05, 0.1) is 0 Å². The van der Waals surface area contributed by atoms with Crippen LogP contribution >= 0.6 is 24.0 Å². The molecule has 26 heavy (non-hydrogen) atoms. The highest BCUT2D eigenvalue weighted by Gasteiger charge is 2.35. The second-order valence-corrected chi connectivity index (χ2v) is 6.61. The van der Waals surface area contributed by atoms with Gasteiger partial charge in [0.1, 0.15) is 0 Å². The van der Waals surface area contributed by atoms with Crippen LogP contribution < -0.4 is 10.6 Å². The first-order chi connectivity index (χ1) is 12.2. The van der Waals surface area contributed by atoms with E-state index in [0.717, 1.165) is 64.7 Å². The third kappa shape index (κ3) is 6.70. The molecule has 2 rings (SSSR count). The number of aliphatic imine (C=N–C) groups is 1. The van der Waals surface area contributed by atoms with E-state index in [1.165, 1.54) is 11.1 Å². The molecule has 6 heteroatoms. The molecular formula is C20H34IN3O2. The van der Waals surface area contributed by atoms with E-state index in [0.29, 0.717) is 0 Å². The SMILES string of the molecule is CCOCCCNC(=NC)NCC1(c2ccccc2C)CCOCC1.I. The maximum absolute atomic E-state index is 5.63. The number of hydrogen-bond acceptors (Lipinski definition) is 3. The summed E-state index contributed by atoms with van der Waals surface area (Å²) in [6, 6.07) is 8.71. The van der Waals surface area contributed by atoms with Crippen LogP contribution in [0.3, 0.4) is 0 Å². The van der Waals surface area contributed by atoms with Gasteiger partial charge in [-0.1, -0.05) is 24.3 Å². The molecule has 0 unspecified atom stereocenters. The second kappa shape index (κ2) is 12.5. The second-order valence-electron chi connectivity index (χ2n) is 6.61. The van der Waals surface area contributed by atoms with E-state index in [1.54, 1.807) is 0 Å². The Labute approximate surface area is 175 Å². The van der Waals surface area contributed by atoms with Gasteiger partial charge >= 0.3 is 0 Å². The summed E-state index contributed by atoms with van der Waals surface area (Å²) >= 11 is 0. The van der Waals surface area contributed by atoms with Gasteiger partial charge in [-0.25, -0.2) is 0 Å². The fourth-order valence-corrected chi connectivity index (χ4v) is 3.47. The fraction of sp³-hybridized carbons (Fsp3) is 0.650. The molecule has 0 atom stereocenters. The first kappa shape index (κ1) is 23.2. The summed E-state index contributed by atoms with van der Waals surface area (Å²) in [4.78, 5) is 4.36. The number of rotatable bonds is 8. The molecule has 148 valence electrons. The molecule has 0 radical (unpaired) electrons. The zero-order valence-electron chi connectivity index (χ0n) is 16.3. The number of nitrogens with zero attached hydrogens (tertiary/aromatic N) is 1. The van der Waals surface area contributed by atoms with Crippen molar-refractivity contribution in [3.63, 3.8) is 0 Å². The minimum Gasteiger partial charge on any atom is -0.382 e. The Hall–Kier alpha value is -0.860. The smallest absolute Gasteiger partial charge is 0.191 e. The van der Waals surface area contributed by atoms with Gasteiger partial charge < -0.3 is 20.1 Å². The first-order valence-corrected chi connectivity index (χ1v) is 9.38. The molecule has 0 bridgehead atoms. The predicted octanol–water partition coefficient (Wildman–Crippen LogP) is 3.25. The van der Waals surface area contributed by atoms with Crippen molar-refractivity contribution < 1.29 is 9.47 Å². The zero-order valence-corrected chi connectivity index (χ0v) is 18.7. The van der Waals surface area contributed by atoms with E-state index in [2.05, 4.69) is 46.8 Å². The topological polar surface area (TPSA) is 54.9 Å². The number of benzene rings is 1. The lowest BCUT2D eigenvalue weighted by Crippen LogP contribution is -2.48. The monoisotopic (exact) mass is 475 g/mol. The molecule has 1 aliphatic rings. The predicted molar refractivity (Wildman–Crippen MR) is 119 cm³/mol. The van der Waals surface area contributed by atoms with E-state index in [4.69, 9.17) is 9.47 Å². The maximum Gasteiger partial charge on any atom is 0.191 e. The van der Waals surface area contributed by atoms with Crippen molar-refractivity contribution in [3.05, 3.63) is 35.4 Å². The highest BCUT2D eigenvalue weighted by molar-refractivity contribution is 14.0. The fourth-order valence-electron chi connectivity index (χ4n) is 3.47. The van der Waals surface area contributed by atoms with Crippen LogP contribution in [0.4, 0.5) is 0 Å². The lowest BCUT2D eigenvalue weighted by Gasteiger charge is -2.39. The molecule has 0 amide bonds. The van der Waals surface area contributed by atoms with Crippen molar-refractivity contribution in [3.8, 4) is 0 Å². The van der Waals surface area contributed by atoms with E-state index in [-0.39, 0.29) is 29.4 Å². The number of ether oxygens (including phenoxy) is 2. The Bertz CT molecular complexity index is 546. The van der Waals surface area contributed by atoms with Crippen LogP contribution in [0.1, 0.15) is 37.3 Å². The Morgan fingerprint density at radius 3 is 2.62 bits per heavy atom. The average Bonchev–Trinajstić information content (AvgIpc) is 2.65. The van der Waals surface area contributed by atoms with E-state index >= 15 is 0 Å². The Morgan fingerprint density at radius 1 is 1.23 bits per heavy atom. The average molecular weight is 475 g/mol. The third-order valence-electron chi connectivity index (χ3n) is 4.95. The summed E-state index contributed by atoms with van der Waals surface area (Å²) < 4.78 is 11.0. The van der Waals surface area contributed by atoms with Crippen molar-refractivity contribution >= 4 is 29.9 Å². The summed E-state index contributed by atoms with van der Waals surface area (Å²) in [6.07, 6.45) is 3.05. The van der Waals surface area contributed by atoms with Crippen molar-refractivity contribution in [1.29, 1.82) is 0 Å². The molecule has 0 aliphatic carbocycles. The normalized spacial score (nSPS) is 16.7. The van der Waals surface area contributed by atoms with Gasteiger partial charge in [-0.05, 0) is 44.2 Å². The Balaban J connectivity index is 0.00000338. The van der Waals surface area contributed by atoms with Gasteiger partial charge in [-0.2, -0.15) is 0 Å². The molecule has 1 saturated heterocycles. The summed E-state index contributed by atoms with van der Waals surface area (Å²) in [7, 11) is 1.82. The van der Waals surface area contributed by atoms with Gasteiger partial charge in [0.25, 0.3) is 0 Å². The lowest BCUT2D eigenvalue weighted by molar-refractivity contribution is 0.0511. The standard InChI is InChI=1S/C20H33N3O2.HI/c1-4-24-13-7-12-22-19(21-3)23-16-20(10-14-25-15-11-20)18-9-6-5-8-17(18)2;/h5-6,8-9H,4,7,10-16H2,1-3H3,(H2,21,22,23);1H. The summed E-state index contributed by atoms with van der Waals surface area (Å²) in [5.41, 5.74) is 2.88. The Morgan fingerprint density at radius 2 is 1.96 bits per heavy atom. The van der Waals surface area contributed by atoms with Gasteiger partial charge in [0.15, 0.2) is 5.96 Å². The van der Waals surface area contributed by atoms with Crippen molar-refractivity contribution in [1.82, 2.24) is 10.6 Å². The molecule has 5 nitrogen and oxygen atoms in total. The van der Waals surface area contributed by atoms with Crippen molar-refractivity contribution in [2.24, 2.45) is 4.99 Å². The highest BCUT2D eigenvalue weighted by Crippen LogP contribution is 2.36. The molecule has 0 saturated carbocycles. The van der Waals surface area contributed by atoms with Crippen LogP contribution in [0.25, 0.3) is 0 Å². The zero-order chi connectivity index (χ0) is 18.0. The number of halogens is 1. The lowest BCUT2D eigenvalue weighted by atomic mass is 9.72. The summed E-state index contributed by atoms with van der Waals surface area (Å²) in [5.74, 6) is 0.857. The highest BCUT2D eigenvalue weighted by atomic mass is 127. The largest absolute Gasteiger partial charge is 0.382 e. The first-order valence-electron chi connectivity index (χ1n) is 9.38. The molecule has 2 N–H and O–H groups in total. The minimum absolute atomic E-state index is 0. The van der Waals surface area contributed by atoms with Crippen LogP contribution in [0.15, 0.2) is 29.3 Å². The minimum atomic E-state index is 0. The van der Waals surface area contributed by atoms with E-state index in [1.807, 2.05) is 14.0 Å². The molecule has 0 aromatic heterocycles. The molecule has 1 aromatic carbocycles. The van der Waals surface area contributed by atoms with Gasteiger partial charge in [-0.3, -0.25) is 4.99 Å². The molecule has 0 spiro atoms. The molecule has 1 aromatic rings. The van der Waals surface area contributed by atoms with Crippen molar-refractivity contribution in [2.75, 3.05) is 46.6 Å². The number of hydrogen-bond donors (Lipinski definition) is 2. The van der Waals surface area contributed by atoms with E-state index in [9.17, 15) is 0 Å². The van der Waals surface area contributed by atoms with Crippen LogP contribution in [0.2, 0.25) is 0 Å². The molecule has 1 heterocycles.